The Morgan fingerprint density at radius 1 is 1.21 bits per heavy atom. The lowest BCUT2D eigenvalue weighted by atomic mass is 10.2. The molecule has 0 aliphatic heterocycles. The predicted molar refractivity (Wildman–Crippen MR) is 59.1 cm³/mol. The van der Waals surface area contributed by atoms with E-state index in [1.807, 2.05) is 47.3 Å². The zero-order chi connectivity index (χ0) is 9.97. The lowest BCUT2D eigenvalue weighted by molar-refractivity contribution is 0.532. The molecule has 0 saturated carbocycles. The Hall–Kier alpha value is -1.11. The van der Waals surface area contributed by atoms with Gasteiger partial charge in [0.15, 0.2) is 23.0 Å². The molecule has 0 aliphatic carbocycles. The SMILES string of the molecule is Cc1nnc(-c2ccc(OI)cc2)o1. The zero-order valence-corrected chi connectivity index (χ0v) is 9.56. The maximum atomic E-state index is 5.28. The van der Waals surface area contributed by atoms with E-state index in [9.17, 15) is 0 Å². The number of nitrogens with zero attached hydrogens (tertiary/aromatic N) is 2. The number of aromatic nitrogens is 2. The van der Waals surface area contributed by atoms with Gasteiger partial charge in [-0.3, -0.25) is 0 Å². The quantitative estimate of drug-likeness (QED) is 0.800. The van der Waals surface area contributed by atoms with E-state index < -0.39 is 0 Å². The fourth-order valence-corrected chi connectivity index (χ4v) is 1.36. The van der Waals surface area contributed by atoms with E-state index in [0.29, 0.717) is 11.8 Å². The molecule has 0 saturated heterocycles. The van der Waals surface area contributed by atoms with Crippen LogP contribution in [0.4, 0.5) is 0 Å². The third kappa shape index (κ3) is 1.87. The Morgan fingerprint density at radius 2 is 1.93 bits per heavy atom. The van der Waals surface area contributed by atoms with Gasteiger partial charge in [-0.25, -0.2) is 0 Å². The summed E-state index contributed by atoms with van der Waals surface area (Å²) in [5, 5.41) is 7.67. The van der Waals surface area contributed by atoms with Crippen LogP contribution in [0.3, 0.4) is 0 Å². The van der Waals surface area contributed by atoms with Crippen molar-refractivity contribution in [2.75, 3.05) is 0 Å². The second-order valence-electron chi connectivity index (χ2n) is 2.73. The number of hydrogen-bond acceptors (Lipinski definition) is 4. The summed E-state index contributed by atoms with van der Waals surface area (Å²) in [4.78, 5) is 0. The highest BCUT2D eigenvalue weighted by atomic mass is 127. The third-order valence-corrected chi connectivity index (χ3v) is 2.22. The summed E-state index contributed by atoms with van der Waals surface area (Å²) < 4.78 is 10.3. The molecule has 0 spiro atoms. The van der Waals surface area contributed by atoms with E-state index in [2.05, 4.69) is 10.2 Å². The van der Waals surface area contributed by atoms with Gasteiger partial charge in [0.2, 0.25) is 11.8 Å². The van der Waals surface area contributed by atoms with Crippen molar-refractivity contribution in [1.82, 2.24) is 10.2 Å². The normalized spacial score (nSPS) is 10.1. The second kappa shape index (κ2) is 3.95. The first-order valence-corrected chi connectivity index (χ1v) is 4.87. The molecule has 0 fully saturated rings. The molecule has 2 rings (SSSR count). The van der Waals surface area contributed by atoms with Crippen molar-refractivity contribution in [3.63, 3.8) is 0 Å². The van der Waals surface area contributed by atoms with Crippen molar-refractivity contribution in [2.45, 2.75) is 6.92 Å². The van der Waals surface area contributed by atoms with Gasteiger partial charge in [-0.05, 0) is 24.3 Å². The summed E-state index contributed by atoms with van der Waals surface area (Å²) in [7, 11) is 0. The fraction of sp³-hybridized carbons (Fsp3) is 0.111. The lowest BCUT2D eigenvalue weighted by Gasteiger charge is -1.97. The van der Waals surface area contributed by atoms with Gasteiger partial charge in [-0.1, -0.05) is 0 Å². The highest BCUT2D eigenvalue weighted by Gasteiger charge is 2.05. The number of benzene rings is 1. The van der Waals surface area contributed by atoms with Gasteiger partial charge in [0, 0.05) is 12.5 Å². The summed E-state index contributed by atoms with van der Waals surface area (Å²) in [6.45, 7) is 1.76. The molecule has 2 aromatic rings. The van der Waals surface area contributed by atoms with Crippen molar-refractivity contribution in [2.24, 2.45) is 0 Å². The van der Waals surface area contributed by atoms with E-state index >= 15 is 0 Å². The molecule has 0 radical (unpaired) electrons. The van der Waals surface area contributed by atoms with Gasteiger partial charge in [-0.15, -0.1) is 10.2 Å². The molecule has 0 bridgehead atoms. The standard InChI is InChI=1S/C9H7IN2O2/c1-6-11-12-9(13-6)7-2-4-8(14-10)5-3-7/h2-5H,1H3. The lowest BCUT2D eigenvalue weighted by Crippen LogP contribution is -1.78. The molecule has 0 N–H and O–H groups in total. The van der Waals surface area contributed by atoms with Gasteiger partial charge in [0.25, 0.3) is 0 Å². The molecule has 5 heteroatoms. The van der Waals surface area contributed by atoms with Crippen LogP contribution in [0.25, 0.3) is 11.5 Å². The van der Waals surface area contributed by atoms with E-state index in [-0.39, 0.29) is 0 Å². The topological polar surface area (TPSA) is 48.2 Å². The molecule has 1 aromatic carbocycles. The van der Waals surface area contributed by atoms with Crippen LogP contribution < -0.4 is 3.07 Å². The van der Waals surface area contributed by atoms with Crippen LogP contribution in [0.5, 0.6) is 5.75 Å². The molecule has 0 aliphatic rings. The molecule has 0 unspecified atom stereocenters. The first-order chi connectivity index (χ1) is 6.79. The average Bonchev–Trinajstić information content (AvgIpc) is 2.65. The van der Waals surface area contributed by atoms with Gasteiger partial charge < -0.3 is 7.48 Å². The zero-order valence-electron chi connectivity index (χ0n) is 7.40. The second-order valence-corrected chi connectivity index (χ2v) is 3.17. The summed E-state index contributed by atoms with van der Waals surface area (Å²) in [6, 6.07) is 7.45. The third-order valence-electron chi connectivity index (χ3n) is 1.72. The van der Waals surface area contributed by atoms with Crippen LogP contribution in [0.15, 0.2) is 28.7 Å². The van der Waals surface area contributed by atoms with Crippen molar-refractivity contribution >= 4 is 23.0 Å². The molecule has 4 nitrogen and oxygen atoms in total. The summed E-state index contributed by atoms with van der Waals surface area (Å²) in [5.41, 5.74) is 0.891. The molecular weight excluding hydrogens is 295 g/mol. The molecule has 1 heterocycles. The van der Waals surface area contributed by atoms with Crippen molar-refractivity contribution in [3.05, 3.63) is 30.2 Å². The van der Waals surface area contributed by atoms with Crippen LogP contribution in [-0.4, -0.2) is 10.2 Å². The first kappa shape index (κ1) is 9.45. The summed E-state index contributed by atoms with van der Waals surface area (Å²) in [5.74, 6) is 1.89. The van der Waals surface area contributed by atoms with Gasteiger partial charge in [0.05, 0.1) is 0 Å². The highest BCUT2D eigenvalue weighted by Crippen LogP contribution is 2.21. The van der Waals surface area contributed by atoms with Crippen molar-refractivity contribution < 1.29 is 7.48 Å². The monoisotopic (exact) mass is 302 g/mol. The Kier molecular flexibility index (Phi) is 2.67. The van der Waals surface area contributed by atoms with E-state index in [1.54, 1.807) is 6.92 Å². The molecule has 1 aromatic heterocycles. The minimum Gasteiger partial charge on any atom is -0.428 e. The van der Waals surface area contributed by atoms with Crippen LogP contribution in [-0.2, 0) is 0 Å². The minimum absolute atomic E-state index is 0.530. The maximum absolute atomic E-state index is 5.28. The van der Waals surface area contributed by atoms with Crippen molar-refractivity contribution in [1.29, 1.82) is 0 Å². The van der Waals surface area contributed by atoms with Crippen molar-refractivity contribution in [3.8, 4) is 17.2 Å². The van der Waals surface area contributed by atoms with Crippen LogP contribution in [0, 0.1) is 6.92 Å². The van der Waals surface area contributed by atoms with E-state index in [1.165, 1.54) is 0 Å². The largest absolute Gasteiger partial charge is 0.428 e. The Balaban J connectivity index is 2.33. The summed E-state index contributed by atoms with van der Waals surface area (Å²) >= 11 is 1.83. The van der Waals surface area contributed by atoms with Gasteiger partial charge in [-0.2, -0.15) is 0 Å². The predicted octanol–water partition coefficient (Wildman–Crippen LogP) is 2.77. The molecular formula is C9H7IN2O2. The molecule has 14 heavy (non-hydrogen) atoms. The van der Waals surface area contributed by atoms with E-state index in [4.69, 9.17) is 7.48 Å². The fourth-order valence-electron chi connectivity index (χ4n) is 1.06. The van der Waals surface area contributed by atoms with Crippen LogP contribution >= 0.6 is 23.0 Å². The van der Waals surface area contributed by atoms with E-state index in [0.717, 1.165) is 11.3 Å². The highest BCUT2D eigenvalue weighted by molar-refractivity contribution is 14.1. The number of aryl methyl sites for hydroxylation is 1. The van der Waals surface area contributed by atoms with Crippen LogP contribution in [0.1, 0.15) is 5.89 Å². The molecule has 0 atom stereocenters. The van der Waals surface area contributed by atoms with Crippen LogP contribution in [0.2, 0.25) is 0 Å². The van der Waals surface area contributed by atoms with Gasteiger partial charge in [0.1, 0.15) is 5.75 Å². The smallest absolute Gasteiger partial charge is 0.247 e. The van der Waals surface area contributed by atoms with Gasteiger partial charge >= 0.3 is 0 Å². The molecule has 72 valence electrons. The average molecular weight is 302 g/mol. The Bertz CT molecular complexity index is 425. The number of halogens is 1. The number of hydrogen-bond donors (Lipinski definition) is 0. The Labute approximate surface area is 95.0 Å². The minimum atomic E-state index is 0.530. The number of rotatable bonds is 2. The molecule has 0 amide bonds. The first-order valence-electron chi connectivity index (χ1n) is 3.99. The summed E-state index contributed by atoms with van der Waals surface area (Å²) in [6.07, 6.45) is 0. The Morgan fingerprint density at radius 3 is 2.43 bits per heavy atom. The maximum Gasteiger partial charge on any atom is 0.247 e.